The van der Waals surface area contributed by atoms with Crippen LogP contribution in [0.1, 0.15) is 25.7 Å². The first-order valence-electron chi connectivity index (χ1n) is 7.45. The van der Waals surface area contributed by atoms with E-state index >= 15 is 0 Å². The van der Waals surface area contributed by atoms with Gasteiger partial charge in [0.2, 0.25) is 0 Å². The molecule has 8 heteroatoms. The van der Waals surface area contributed by atoms with Crippen LogP contribution in [0, 0.1) is 22.7 Å². The number of allylic oxidation sites excluding steroid dienone is 2. The summed E-state index contributed by atoms with van der Waals surface area (Å²) in [6.07, 6.45) is 9.95. The summed E-state index contributed by atoms with van der Waals surface area (Å²) in [5, 5.41) is 0. The molecule has 126 valence electrons. The van der Waals surface area contributed by atoms with Crippen LogP contribution < -0.4 is 0 Å². The zero-order valence-corrected chi connectivity index (χ0v) is 14.5. The van der Waals surface area contributed by atoms with E-state index in [2.05, 4.69) is 12.2 Å². The summed E-state index contributed by atoms with van der Waals surface area (Å²) in [5.41, 5.74) is -0.666. The van der Waals surface area contributed by atoms with Crippen LogP contribution >= 0.6 is 0 Å². The molecule has 0 amide bonds. The first-order chi connectivity index (χ1) is 10.1. The minimum absolute atomic E-state index is 0.116. The molecule has 4 atom stereocenters. The highest BCUT2D eigenvalue weighted by Gasteiger charge is 2.68. The van der Waals surface area contributed by atoms with Crippen molar-refractivity contribution in [1.29, 1.82) is 0 Å². The molecule has 0 aromatic rings. The molecule has 0 N–H and O–H groups in total. The molecule has 0 spiro atoms. The molecular formula is C14H22O6S2. The van der Waals surface area contributed by atoms with Crippen molar-refractivity contribution >= 4 is 20.2 Å². The fraction of sp³-hybridized carbons (Fsp3) is 0.857. The van der Waals surface area contributed by atoms with Crippen molar-refractivity contribution < 1.29 is 25.2 Å². The lowest BCUT2D eigenvalue weighted by Crippen LogP contribution is -2.48. The summed E-state index contributed by atoms with van der Waals surface area (Å²) in [6.45, 7) is 0.231. The van der Waals surface area contributed by atoms with Crippen molar-refractivity contribution in [2.75, 3.05) is 25.7 Å². The van der Waals surface area contributed by atoms with Crippen molar-refractivity contribution in [3.63, 3.8) is 0 Å². The van der Waals surface area contributed by atoms with E-state index in [4.69, 9.17) is 8.37 Å². The van der Waals surface area contributed by atoms with Crippen LogP contribution in [0.4, 0.5) is 0 Å². The summed E-state index contributed by atoms with van der Waals surface area (Å²) in [7, 11) is -7.05. The second-order valence-corrected chi connectivity index (χ2v) is 10.2. The molecule has 0 saturated heterocycles. The minimum Gasteiger partial charge on any atom is -0.270 e. The normalized spacial score (nSPS) is 40.3. The molecule has 0 aromatic carbocycles. The Kier molecular flexibility index (Phi) is 3.75. The van der Waals surface area contributed by atoms with Crippen LogP contribution in [0.25, 0.3) is 0 Å². The van der Waals surface area contributed by atoms with Gasteiger partial charge in [-0.2, -0.15) is 16.8 Å². The standard InChI is InChI=1S/C14H22O6S2/c1-21(15,16)19-9-13-6-3-7-14(13,10-20-22(2,17)18)12-5-4-11(13)8-12/h4-5,11-12H,3,6-10H2,1-2H3/t11-,12+,13-,14+. The fourth-order valence-corrected chi connectivity index (χ4v) is 5.76. The average molecular weight is 350 g/mol. The second kappa shape index (κ2) is 5.03. The zero-order chi connectivity index (χ0) is 16.2. The van der Waals surface area contributed by atoms with E-state index in [0.29, 0.717) is 0 Å². The van der Waals surface area contributed by atoms with E-state index < -0.39 is 20.2 Å². The van der Waals surface area contributed by atoms with Crippen LogP contribution in [0.3, 0.4) is 0 Å². The van der Waals surface area contributed by atoms with Crippen molar-refractivity contribution in [3.05, 3.63) is 12.2 Å². The number of fused-ring (bicyclic) bond motifs is 5. The molecule has 2 bridgehead atoms. The Morgan fingerprint density at radius 1 is 0.909 bits per heavy atom. The summed E-state index contributed by atoms with van der Waals surface area (Å²) in [4.78, 5) is 0. The van der Waals surface area contributed by atoms with Gasteiger partial charge in [0, 0.05) is 10.8 Å². The van der Waals surface area contributed by atoms with Gasteiger partial charge in [-0.05, 0) is 31.1 Å². The van der Waals surface area contributed by atoms with Gasteiger partial charge in [0.15, 0.2) is 0 Å². The highest BCUT2D eigenvalue weighted by Crippen LogP contribution is 2.71. The molecule has 0 unspecified atom stereocenters. The SMILES string of the molecule is CS(=O)(=O)OC[C@@]12CCC[C@]1(COS(C)(=O)=O)[C@H]1C=C[C@@H]2C1. The van der Waals surface area contributed by atoms with Gasteiger partial charge in [-0.1, -0.05) is 18.6 Å². The predicted octanol–water partition coefficient (Wildman–Crippen LogP) is 1.30. The molecule has 0 aromatic heterocycles. The highest BCUT2D eigenvalue weighted by atomic mass is 32.2. The van der Waals surface area contributed by atoms with Crippen LogP contribution in [0.2, 0.25) is 0 Å². The molecule has 6 nitrogen and oxygen atoms in total. The average Bonchev–Trinajstić information content (AvgIpc) is 3.03. The van der Waals surface area contributed by atoms with Crippen LogP contribution in [-0.2, 0) is 28.6 Å². The van der Waals surface area contributed by atoms with Gasteiger partial charge >= 0.3 is 0 Å². The van der Waals surface area contributed by atoms with Crippen molar-refractivity contribution in [2.24, 2.45) is 22.7 Å². The van der Waals surface area contributed by atoms with Crippen molar-refractivity contribution in [3.8, 4) is 0 Å². The molecular weight excluding hydrogens is 328 g/mol. The smallest absolute Gasteiger partial charge is 0.264 e. The fourth-order valence-electron chi connectivity index (χ4n) is 4.92. The molecule has 0 radical (unpaired) electrons. The molecule has 2 saturated carbocycles. The van der Waals surface area contributed by atoms with E-state index in [1.165, 1.54) is 0 Å². The Morgan fingerprint density at radius 2 is 1.32 bits per heavy atom. The third-order valence-corrected chi connectivity index (χ3v) is 6.89. The Balaban J connectivity index is 1.92. The summed E-state index contributed by atoms with van der Waals surface area (Å²) in [6, 6.07) is 0. The lowest BCUT2D eigenvalue weighted by Gasteiger charge is -2.46. The summed E-state index contributed by atoms with van der Waals surface area (Å²) >= 11 is 0. The Bertz CT molecular complexity index is 637. The van der Waals surface area contributed by atoms with Crippen molar-refractivity contribution in [2.45, 2.75) is 25.7 Å². The van der Waals surface area contributed by atoms with Gasteiger partial charge in [0.25, 0.3) is 20.2 Å². The van der Waals surface area contributed by atoms with Gasteiger partial charge in [-0.25, -0.2) is 0 Å². The van der Waals surface area contributed by atoms with E-state index in [1.54, 1.807) is 0 Å². The number of hydrogen-bond acceptors (Lipinski definition) is 6. The molecule has 3 rings (SSSR count). The maximum absolute atomic E-state index is 11.4. The van der Waals surface area contributed by atoms with Crippen LogP contribution in [-0.4, -0.2) is 42.6 Å². The topological polar surface area (TPSA) is 86.7 Å². The van der Waals surface area contributed by atoms with Gasteiger partial charge < -0.3 is 0 Å². The lowest BCUT2D eigenvalue weighted by atomic mass is 9.60. The Morgan fingerprint density at radius 3 is 1.68 bits per heavy atom. The minimum atomic E-state index is -3.53. The first-order valence-corrected chi connectivity index (χ1v) is 11.1. The summed E-state index contributed by atoms with van der Waals surface area (Å²) in [5.74, 6) is 0.481. The second-order valence-electron chi connectivity index (χ2n) is 6.93. The van der Waals surface area contributed by atoms with Crippen LogP contribution in [0.5, 0.6) is 0 Å². The van der Waals surface area contributed by atoms with Crippen molar-refractivity contribution in [1.82, 2.24) is 0 Å². The van der Waals surface area contributed by atoms with Crippen LogP contribution in [0.15, 0.2) is 12.2 Å². The quantitative estimate of drug-likeness (QED) is 0.530. The predicted molar refractivity (Wildman–Crippen MR) is 81.0 cm³/mol. The van der Waals surface area contributed by atoms with E-state index in [1.807, 2.05) is 0 Å². The lowest BCUT2D eigenvalue weighted by molar-refractivity contribution is -0.0224. The first kappa shape index (κ1) is 16.4. The van der Waals surface area contributed by atoms with Gasteiger partial charge in [0.05, 0.1) is 25.7 Å². The summed E-state index contributed by atoms with van der Waals surface area (Å²) < 4.78 is 56.1. The molecule has 22 heavy (non-hydrogen) atoms. The van der Waals surface area contributed by atoms with Gasteiger partial charge in [-0.15, -0.1) is 0 Å². The van der Waals surface area contributed by atoms with E-state index in [-0.39, 0.29) is 35.9 Å². The Labute approximate surface area is 132 Å². The highest BCUT2D eigenvalue weighted by molar-refractivity contribution is 7.86. The third-order valence-electron chi connectivity index (χ3n) is 5.80. The Hall–Kier alpha value is -0.440. The zero-order valence-electron chi connectivity index (χ0n) is 12.8. The largest absolute Gasteiger partial charge is 0.270 e. The van der Waals surface area contributed by atoms with Gasteiger partial charge in [-0.3, -0.25) is 8.37 Å². The molecule has 3 aliphatic rings. The van der Waals surface area contributed by atoms with E-state index in [0.717, 1.165) is 38.2 Å². The maximum Gasteiger partial charge on any atom is 0.264 e. The maximum atomic E-state index is 11.4. The van der Waals surface area contributed by atoms with E-state index in [9.17, 15) is 16.8 Å². The molecule has 3 aliphatic carbocycles. The molecule has 0 heterocycles. The molecule has 2 fully saturated rings. The molecule has 0 aliphatic heterocycles. The number of hydrogen-bond donors (Lipinski definition) is 0. The number of rotatable bonds is 6. The van der Waals surface area contributed by atoms with Gasteiger partial charge in [0.1, 0.15) is 0 Å². The monoisotopic (exact) mass is 350 g/mol. The third kappa shape index (κ3) is 2.53.